The van der Waals surface area contributed by atoms with Gasteiger partial charge in [0.05, 0.1) is 17.7 Å². The van der Waals surface area contributed by atoms with Gasteiger partial charge >= 0.3 is 0 Å². The summed E-state index contributed by atoms with van der Waals surface area (Å²) in [6.07, 6.45) is 7.92. The van der Waals surface area contributed by atoms with Gasteiger partial charge in [-0.15, -0.1) is 0 Å². The molecular weight excluding hydrogens is 360 g/mol. The van der Waals surface area contributed by atoms with E-state index < -0.39 is 0 Å². The lowest BCUT2D eigenvalue weighted by Gasteiger charge is -2.62. The zero-order chi connectivity index (χ0) is 19.8. The lowest BCUT2D eigenvalue weighted by molar-refractivity contribution is -0.161. The minimum atomic E-state index is -0.163. The second kappa shape index (κ2) is 5.93. The van der Waals surface area contributed by atoms with Crippen molar-refractivity contribution in [2.45, 2.75) is 70.8 Å². The van der Waals surface area contributed by atoms with Crippen LogP contribution in [0, 0.1) is 31.1 Å². The van der Waals surface area contributed by atoms with E-state index in [1.807, 2.05) is 0 Å². The van der Waals surface area contributed by atoms with Gasteiger partial charge in [-0.3, -0.25) is 4.79 Å². The van der Waals surface area contributed by atoms with Crippen LogP contribution in [0.25, 0.3) is 0 Å². The van der Waals surface area contributed by atoms with Crippen LogP contribution in [0.15, 0.2) is 18.2 Å². The number of fused-ring (bicyclic) bond motifs is 1. The summed E-state index contributed by atoms with van der Waals surface area (Å²) >= 11 is 0. The highest BCUT2D eigenvalue weighted by Gasteiger charge is 2.61. The fraction of sp³-hybridized carbons (Fsp3) is 0.625. The lowest BCUT2D eigenvalue weighted by atomic mass is 9.42. The third-order valence-corrected chi connectivity index (χ3v) is 8.58. The molecule has 4 saturated carbocycles. The maximum Gasteiger partial charge on any atom is 0.229 e. The number of benzene rings is 1. The van der Waals surface area contributed by atoms with Crippen molar-refractivity contribution < 1.29 is 4.79 Å². The molecule has 2 unspecified atom stereocenters. The molecule has 29 heavy (non-hydrogen) atoms. The molecule has 1 aromatic heterocycles. The first kappa shape index (κ1) is 17.7. The highest BCUT2D eigenvalue weighted by Crippen LogP contribution is 2.66. The number of aromatic amines is 1. The van der Waals surface area contributed by atoms with Crippen molar-refractivity contribution in [1.29, 1.82) is 0 Å². The number of H-pyrrole nitrogens is 1. The van der Waals surface area contributed by atoms with Gasteiger partial charge in [-0.05, 0) is 86.3 Å². The zero-order valence-corrected chi connectivity index (χ0v) is 17.5. The Morgan fingerprint density at radius 1 is 1.07 bits per heavy atom. The summed E-state index contributed by atoms with van der Waals surface area (Å²) in [5.41, 5.74) is 6.26. The summed E-state index contributed by atoms with van der Waals surface area (Å²) in [7, 11) is 0. The number of carbonyl (C=O) groups excluding carboxylic acids is 1. The number of hydrogen-bond acceptors (Lipinski definition) is 3. The van der Waals surface area contributed by atoms with Crippen LogP contribution in [0.2, 0.25) is 0 Å². The van der Waals surface area contributed by atoms with E-state index in [1.54, 1.807) is 0 Å². The monoisotopic (exact) mass is 390 g/mol. The number of carbonyl (C=O) groups is 1. The number of hydrogen-bond donors (Lipinski definition) is 1. The fourth-order valence-electron chi connectivity index (χ4n) is 7.53. The molecule has 152 valence electrons. The van der Waals surface area contributed by atoms with Gasteiger partial charge in [-0.25, -0.2) is 0 Å². The summed E-state index contributed by atoms with van der Waals surface area (Å²) in [5.74, 6) is 1.80. The Labute approximate surface area is 172 Å². The van der Waals surface area contributed by atoms with E-state index in [2.05, 4.69) is 52.4 Å². The average Bonchev–Trinajstić information content (AvgIpc) is 3.16. The summed E-state index contributed by atoms with van der Waals surface area (Å²) in [6.45, 7) is 5.83. The molecule has 0 saturated heterocycles. The number of nitrogens with zero attached hydrogens (tertiary/aromatic N) is 3. The number of nitrogens with one attached hydrogen (secondary N) is 1. The Morgan fingerprint density at radius 2 is 1.83 bits per heavy atom. The van der Waals surface area contributed by atoms with Crippen LogP contribution in [0.4, 0.5) is 0 Å². The second-order valence-corrected chi connectivity index (χ2v) is 10.5. The first-order chi connectivity index (χ1) is 14.0. The van der Waals surface area contributed by atoms with Crippen molar-refractivity contribution in [3.63, 3.8) is 0 Å². The molecule has 4 fully saturated rings. The Hall–Kier alpha value is -2.17. The van der Waals surface area contributed by atoms with E-state index in [0.717, 1.165) is 43.6 Å². The summed E-state index contributed by atoms with van der Waals surface area (Å²) < 4.78 is 0. The molecule has 1 aliphatic heterocycles. The van der Waals surface area contributed by atoms with Crippen LogP contribution in [0.5, 0.6) is 0 Å². The SMILES string of the molecule is Cc1ccc(C23CC4CC(CC(C(=O)N5CCc6n[nH]nc6C5)(C4)C2)C3)cc1C. The van der Waals surface area contributed by atoms with Gasteiger partial charge in [0.25, 0.3) is 0 Å². The normalized spacial score (nSPS) is 35.0. The largest absolute Gasteiger partial charge is 0.336 e. The second-order valence-electron chi connectivity index (χ2n) is 10.5. The van der Waals surface area contributed by atoms with Crippen molar-refractivity contribution in [3.8, 4) is 0 Å². The van der Waals surface area contributed by atoms with Crippen molar-refractivity contribution in [3.05, 3.63) is 46.3 Å². The zero-order valence-electron chi connectivity index (χ0n) is 17.5. The average molecular weight is 391 g/mol. The molecule has 2 atom stereocenters. The first-order valence-electron chi connectivity index (χ1n) is 11.2. The number of rotatable bonds is 2. The molecule has 4 aliphatic carbocycles. The predicted molar refractivity (Wildman–Crippen MR) is 110 cm³/mol. The topological polar surface area (TPSA) is 61.9 Å². The molecule has 0 spiro atoms. The number of aromatic nitrogens is 3. The van der Waals surface area contributed by atoms with E-state index in [9.17, 15) is 4.79 Å². The molecule has 5 heteroatoms. The van der Waals surface area contributed by atoms with E-state index in [0.29, 0.717) is 24.3 Å². The van der Waals surface area contributed by atoms with E-state index in [4.69, 9.17) is 0 Å². The van der Waals surface area contributed by atoms with Gasteiger partial charge in [0.15, 0.2) is 0 Å². The van der Waals surface area contributed by atoms with Crippen molar-refractivity contribution >= 4 is 5.91 Å². The van der Waals surface area contributed by atoms with Gasteiger partial charge < -0.3 is 4.90 Å². The maximum atomic E-state index is 13.9. The summed E-state index contributed by atoms with van der Waals surface area (Å²) in [5, 5.41) is 11.3. The molecule has 4 bridgehead atoms. The molecule has 7 rings (SSSR count). The van der Waals surface area contributed by atoms with Crippen LogP contribution >= 0.6 is 0 Å². The highest BCUT2D eigenvalue weighted by atomic mass is 16.2. The molecular formula is C24H30N4O. The molecule has 5 aliphatic rings. The fourth-order valence-corrected chi connectivity index (χ4v) is 7.53. The Morgan fingerprint density at radius 3 is 2.59 bits per heavy atom. The Balaban J connectivity index is 1.35. The predicted octanol–water partition coefficient (Wildman–Crippen LogP) is 3.84. The van der Waals surface area contributed by atoms with Crippen molar-refractivity contribution in [1.82, 2.24) is 20.3 Å². The molecule has 0 radical (unpaired) electrons. The number of aryl methyl sites for hydroxylation is 2. The minimum Gasteiger partial charge on any atom is -0.336 e. The highest BCUT2D eigenvalue weighted by molar-refractivity contribution is 5.84. The van der Waals surface area contributed by atoms with Gasteiger partial charge in [0.1, 0.15) is 5.69 Å². The van der Waals surface area contributed by atoms with E-state index in [-0.39, 0.29) is 10.8 Å². The molecule has 2 heterocycles. The lowest BCUT2D eigenvalue weighted by Crippen LogP contribution is -2.60. The van der Waals surface area contributed by atoms with Crippen LogP contribution in [0.3, 0.4) is 0 Å². The Bertz CT molecular complexity index is 979. The van der Waals surface area contributed by atoms with Gasteiger partial charge in [-0.1, -0.05) is 18.2 Å². The van der Waals surface area contributed by atoms with Crippen molar-refractivity contribution in [2.24, 2.45) is 17.3 Å². The summed E-state index contributed by atoms with van der Waals surface area (Å²) in [4.78, 5) is 16.0. The van der Waals surface area contributed by atoms with Gasteiger partial charge in [-0.2, -0.15) is 15.4 Å². The summed E-state index contributed by atoms with van der Waals surface area (Å²) in [6, 6.07) is 7.06. The van der Waals surface area contributed by atoms with Crippen LogP contribution in [0.1, 0.15) is 66.6 Å². The quantitative estimate of drug-likeness (QED) is 0.847. The third-order valence-electron chi connectivity index (χ3n) is 8.58. The van der Waals surface area contributed by atoms with Crippen LogP contribution in [-0.2, 0) is 23.2 Å². The Kier molecular flexibility index (Phi) is 3.61. The van der Waals surface area contributed by atoms with Gasteiger partial charge in [0, 0.05) is 13.0 Å². The number of amides is 1. The molecule has 5 nitrogen and oxygen atoms in total. The smallest absolute Gasteiger partial charge is 0.229 e. The molecule has 1 N–H and O–H groups in total. The maximum absolute atomic E-state index is 13.9. The van der Waals surface area contributed by atoms with E-state index in [1.165, 1.54) is 36.0 Å². The van der Waals surface area contributed by atoms with E-state index >= 15 is 0 Å². The third kappa shape index (κ3) is 2.55. The van der Waals surface area contributed by atoms with Crippen LogP contribution in [-0.4, -0.2) is 32.8 Å². The molecule has 1 amide bonds. The minimum absolute atomic E-state index is 0.163. The van der Waals surface area contributed by atoms with Gasteiger partial charge in [0.2, 0.25) is 5.91 Å². The van der Waals surface area contributed by atoms with Crippen molar-refractivity contribution in [2.75, 3.05) is 6.54 Å². The standard InChI is InChI=1S/C24H30N4O/c1-15-3-4-19(7-16(15)2)23-9-17-8-18(10-23)12-24(11-17,14-23)22(29)28-6-5-20-21(13-28)26-27-25-20/h3-4,7,17-18H,5-6,8-14H2,1-2H3,(H,25,26,27). The molecule has 2 aromatic rings. The van der Waals surface area contributed by atoms with Crippen LogP contribution < -0.4 is 0 Å². The first-order valence-corrected chi connectivity index (χ1v) is 11.2. The molecule has 1 aromatic carbocycles.